The van der Waals surface area contributed by atoms with Crippen LogP contribution < -0.4 is 15.0 Å². The molecule has 9 nitrogen and oxygen atoms in total. The number of nitrogens with zero attached hydrogens (tertiary/aromatic N) is 5. The van der Waals surface area contributed by atoms with E-state index in [4.69, 9.17) is 0 Å². The number of amidine groups is 1. The van der Waals surface area contributed by atoms with Crippen LogP contribution in [0.3, 0.4) is 0 Å². The lowest BCUT2D eigenvalue weighted by molar-refractivity contribution is -0.274. The van der Waals surface area contributed by atoms with Gasteiger partial charge in [-0.05, 0) is 72.0 Å². The van der Waals surface area contributed by atoms with E-state index in [0.717, 1.165) is 17.3 Å². The molecule has 1 aromatic heterocycles. The maximum Gasteiger partial charge on any atom is 0.573 e. The maximum atomic E-state index is 13.9. The van der Waals surface area contributed by atoms with Crippen molar-refractivity contribution in [3.8, 4) is 22.8 Å². The average Bonchev–Trinajstić information content (AvgIpc) is 3.60. The molecule has 0 spiro atoms. The molecule has 0 radical (unpaired) electrons. The zero-order chi connectivity index (χ0) is 31.4. The number of rotatable bonds is 8. The highest BCUT2D eigenvalue weighted by molar-refractivity contribution is 8.15. The van der Waals surface area contributed by atoms with Gasteiger partial charge in [0.05, 0.1) is 17.1 Å². The molecule has 5 rings (SSSR count). The number of carbonyl (C=O) groups is 2. The standard InChI is InChI=1S/C30H26F4N6O3S/c1-18(2)24-15-21(31)6-11-25(24)40-26(16-44-29(40)42)37-28(41)35-13-12-19-4-3-5-20(14-19)27-36-17-39(38-27)22-7-9-23(10-8-22)43-30(32,33)34/h3-11,14-15,17-18H,12-13,16H2,1-2H3,(H,35,41)/b37-26+. The molecule has 1 fully saturated rings. The van der Waals surface area contributed by atoms with Crippen LogP contribution in [0.25, 0.3) is 17.1 Å². The summed E-state index contributed by atoms with van der Waals surface area (Å²) in [6, 6.07) is 16.2. The lowest BCUT2D eigenvalue weighted by Gasteiger charge is -2.21. The van der Waals surface area contributed by atoms with E-state index in [0.29, 0.717) is 34.7 Å². The number of hydrogen-bond donors (Lipinski definition) is 1. The Kier molecular flexibility index (Phi) is 8.99. The number of hydrogen-bond acceptors (Lipinski definition) is 6. The SMILES string of the molecule is CC(C)c1cc(F)ccc1N1C(=O)SC/C1=N\C(=O)NCCc1cccc(-c2ncn(-c3ccc(OC(F)(F)F)cc3)n2)c1. The maximum absolute atomic E-state index is 13.9. The number of aliphatic imine (C=N–C) groups is 1. The molecule has 0 unspecified atom stereocenters. The molecule has 1 N–H and O–H groups in total. The van der Waals surface area contributed by atoms with Gasteiger partial charge in [-0.1, -0.05) is 43.8 Å². The number of amides is 3. The van der Waals surface area contributed by atoms with Gasteiger partial charge in [0.15, 0.2) is 5.82 Å². The van der Waals surface area contributed by atoms with Crippen LogP contribution in [0.1, 0.15) is 30.9 Å². The van der Waals surface area contributed by atoms with E-state index in [1.807, 2.05) is 38.1 Å². The predicted molar refractivity (Wildman–Crippen MR) is 159 cm³/mol. The molecule has 0 atom stereocenters. The third kappa shape index (κ3) is 7.43. The van der Waals surface area contributed by atoms with Crippen LogP contribution >= 0.6 is 11.8 Å². The number of carbonyl (C=O) groups excluding carboxylic acids is 2. The molecule has 1 saturated heterocycles. The van der Waals surface area contributed by atoms with Crippen LogP contribution in [-0.2, 0) is 6.42 Å². The molecule has 3 amide bonds. The quantitative estimate of drug-likeness (QED) is 0.209. The molecule has 44 heavy (non-hydrogen) atoms. The van der Waals surface area contributed by atoms with Gasteiger partial charge >= 0.3 is 12.4 Å². The van der Waals surface area contributed by atoms with Crippen molar-refractivity contribution in [1.29, 1.82) is 0 Å². The number of alkyl halides is 3. The summed E-state index contributed by atoms with van der Waals surface area (Å²) in [5.74, 6) is 0.0967. The van der Waals surface area contributed by atoms with Crippen molar-refractivity contribution in [3.63, 3.8) is 0 Å². The molecule has 0 saturated carbocycles. The van der Waals surface area contributed by atoms with Crippen LogP contribution in [0.4, 0.5) is 32.8 Å². The molecule has 228 valence electrons. The molecule has 14 heteroatoms. The Bertz CT molecular complexity index is 1710. The number of thioether (sulfide) groups is 1. The van der Waals surface area contributed by atoms with Crippen molar-refractivity contribution in [3.05, 3.63) is 90.0 Å². The molecular formula is C30H26F4N6O3S. The smallest absolute Gasteiger partial charge is 0.406 e. The third-order valence-corrected chi connectivity index (χ3v) is 7.38. The van der Waals surface area contributed by atoms with Gasteiger partial charge in [-0.25, -0.2) is 18.9 Å². The summed E-state index contributed by atoms with van der Waals surface area (Å²) in [6.07, 6.45) is -2.85. The van der Waals surface area contributed by atoms with Crippen molar-refractivity contribution in [2.75, 3.05) is 17.2 Å². The first-order valence-electron chi connectivity index (χ1n) is 13.5. The first kappa shape index (κ1) is 30.7. The van der Waals surface area contributed by atoms with Crippen molar-refractivity contribution >= 4 is 34.6 Å². The summed E-state index contributed by atoms with van der Waals surface area (Å²) in [7, 11) is 0. The largest absolute Gasteiger partial charge is 0.573 e. The fourth-order valence-corrected chi connectivity index (χ4v) is 5.31. The fourth-order valence-electron chi connectivity index (χ4n) is 4.53. The van der Waals surface area contributed by atoms with Crippen LogP contribution in [0.15, 0.2) is 78.0 Å². The van der Waals surface area contributed by atoms with Crippen LogP contribution in [0, 0.1) is 5.82 Å². The fraction of sp³-hybridized carbons (Fsp3) is 0.233. The van der Waals surface area contributed by atoms with Crippen molar-refractivity contribution in [2.45, 2.75) is 32.5 Å². The Hall–Kier alpha value is -4.72. The first-order chi connectivity index (χ1) is 21.0. The Morgan fingerprint density at radius 2 is 1.89 bits per heavy atom. The molecular weight excluding hydrogens is 600 g/mol. The van der Waals surface area contributed by atoms with Gasteiger partial charge in [0, 0.05) is 12.1 Å². The van der Waals surface area contributed by atoms with Gasteiger partial charge in [-0.15, -0.1) is 18.3 Å². The van der Waals surface area contributed by atoms with E-state index in [1.165, 1.54) is 58.4 Å². The summed E-state index contributed by atoms with van der Waals surface area (Å²) >= 11 is 1.02. The minimum atomic E-state index is -4.77. The monoisotopic (exact) mass is 626 g/mol. The number of ether oxygens (including phenoxy) is 1. The molecule has 4 aromatic rings. The van der Waals surface area contributed by atoms with Gasteiger partial charge in [-0.2, -0.15) is 4.99 Å². The van der Waals surface area contributed by atoms with Crippen molar-refractivity contribution in [1.82, 2.24) is 20.1 Å². The minimum Gasteiger partial charge on any atom is -0.406 e. The number of anilines is 1. The number of benzene rings is 3. The second kappa shape index (κ2) is 12.9. The lowest BCUT2D eigenvalue weighted by atomic mass is 10.0. The summed E-state index contributed by atoms with van der Waals surface area (Å²) in [5, 5.41) is 6.88. The van der Waals surface area contributed by atoms with Crippen molar-refractivity contribution in [2.24, 2.45) is 4.99 Å². The van der Waals surface area contributed by atoms with Crippen molar-refractivity contribution < 1.29 is 31.9 Å². The summed E-state index contributed by atoms with van der Waals surface area (Å²) in [6.45, 7) is 4.05. The van der Waals surface area contributed by atoms with Gasteiger partial charge in [0.25, 0.3) is 5.24 Å². The molecule has 1 aliphatic rings. The van der Waals surface area contributed by atoms with Gasteiger partial charge in [0.2, 0.25) is 0 Å². The second-order valence-corrected chi connectivity index (χ2v) is 10.9. The van der Waals surface area contributed by atoms with Gasteiger partial charge < -0.3 is 10.1 Å². The normalized spacial score (nSPS) is 14.5. The summed E-state index contributed by atoms with van der Waals surface area (Å²) < 4.78 is 56.5. The number of urea groups is 1. The molecule has 0 bridgehead atoms. The highest BCUT2D eigenvalue weighted by Gasteiger charge is 2.33. The Morgan fingerprint density at radius 1 is 1.11 bits per heavy atom. The predicted octanol–water partition coefficient (Wildman–Crippen LogP) is 7.12. The van der Waals surface area contributed by atoms with E-state index >= 15 is 0 Å². The van der Waals surface area contributed by atoms with E-state index in [9.17, 15) is 27.2 Å². The highest BCUT2D eigenvalue weighted by Crippen LogP contribution is 2.34. The lowest BCUT2D eigenvalue weighted by Crippen LogP contribution is -2.32. The van der Waals surface area contributed by atoms with E-state index in [1.54, 1.807) is 0 Å². The van der Waals surface area contributed by atoms with E-state index in [-0.39, 0.29) is 35.0 Å². The number of halogens is 4. The first-order valence-corrected chi connectivity index (χ1v) is 14.4. The zero-order valence-corrected chi connectivity index (χ0v) is 24.3. The van der Waals surface area contributed by atoms with E-state index in [2.05, 4.69) is 25.1 Å². The molecule has 3 aromatic carbocycles. The highest BCUT2D eigenvalue weighted by atomic mass is 32.2. The molecule has 1 aliphatic heterocycles. The third-order valence-electron chi connectivity index (χ3n) is 6.55. The van der Waals surface area contributed by atoms with Crippen LogP contribution in [0.2, 0.25) is 0 Å². The summed E-state index contributed by atoms with van der Waals surface area (Å²) in [5.41, 5.74) is 3.24. The second-order valence-electron chi connectivity index (χ2n) is 10.0. The van der Waals surface area contributed by atoms with Gasteiger partial charge in [-0.3, -0.25) is 9.69 Å². The summed E-state index contributed by atoms with van der Waals surface area (Å²) in [4.78, 5) is 35.1. The van der Waals surface area contributed by atoms with Crippen LogP contribution in [0.5, 0.6) is 5.75 Å². The minimum absolute atomic E-state index is 0.0535. The van der Waals surface area contributed by atoms with E-state index < -0.39 is 18.2 Å². The number of nitrogens with one attached hydrogen (secondary N) is 1. The zero-order valence-electron chi connectivity index (χ0n) is 23.5. The number of aromatic nitrogens is 3. The Morgan fingerprint density at radius 3 is 2.61 bits per heavy atom. The Labute approximate surface area is 254 Å². The molecule has 0 aliphatic carbocycles. The Balaban J connectivity index is 1.21. The molecule has 2 heterocycles. The van der Waals surface area contributed by atoms with Crippen LogP contribution in [-0.4, -0.2) is 50.5 Å². The van der Waals surface area contributed by atoms with Gasteiger partial charge in [0.1, 0.15) is 23.7 Å². The average molecular weight is 627 g/mol. The topological polar surface area (TPSA) is 102 Å².